The van der Waals surface area contributed by atoms with E-state index in [1.54, 1.807) is 12.1 Å². The lowest BCUT2D eigenvalue weighted by Gasteiger charge is -2.24. The Balaban J connectivity index is 1.69. The fraction of sp³-hybridized carbons (Fsp3) is 0.192. The quantitative estimate of drug-likeness (QED) is 0.245. The monoisotopic (exact) mass is 612 g/mol. The molecule has 4 aromatic rings. The van der Waals surface area contributed by atoms with E-state index in [9.17, 15) is 26.4 Å². The highest BCUT2D eigenvalue weighted by Gasteiger charge is 2.33. The van der Waals surface area contributed by atoms with Crippen molar-refractivity contribution in [3.63, 3.8) is 0 Å². The second-order valence-electron chi connectivity index (χ2n) is 8.48. The summed E-state index contributed by atoms with van der Waals surface area (Å²) < 4.78 is 87.0. The minimum absolute atomic E-state index is 0.0824. The normalized spacial score (nSPS) is 12.1. The smallest absolute Gasteiger partial charge is 0.417 e. The Bertz CT molecular complexity index is 1630. The van der Waals surface area contributed by atoms with Gasteiger partial charge in [-0.05, 0) is 47.9 Å². The summed E-state index contributed by atoms with van der Waals surface area (Å²) in [7, 11) is -2.52. The highest BCUT2D eigenvalue weighted by molar-refractivity contribution is 9.10. The second-order valence-corrected chi connectivity index (χ2v) is 11.2. The van der Waals surface area contributed by atoms with Crippen LogP contribution < -0.4 is 9.62 Å². The number of nitrogens with zero attached hydrogens (tertiary/aromatic N) is 1. The first-order chi connectivity index (χ1) is 17.8. The third kappa shape index (κ3) is 5.56. The van der Waals surface area contributed by atoms with Crippen LogP contribution in [0, 0.1) is 5.82 Å². The van der Waals surface area contributed by atoms with Gasteiger partial charge in [0.15, 0.2) is 5.82 Å². The summed E-state index contributed by atoms with van der Waals surface area (Å²) >= 11 is 2.88. The fourth-order valence-electron chi connectivity index (χ4n) is 4.08. The van der Waals surface area contributed by atoms with Crippen LogP contribution in [0.3, 0.4) is 0 Å². The van der Waals surface area contributed by atoms with Gasteiger partial charge in [-0.2, -0.15) is 13.2 Å². The summed E-state index contributed by atoms with van der Waals surface area (Å²) in [5.74, 6) is -1.18. The van der Waals surface area contributed by atoms with Crippen molar-refractivity contribution in [1.82, 2.24) is 5.32 Å². The van der Waals surface area contributed by atoms with Crippen LogP contribution in [0.25, 0.3) is 22.1 Å². The molecule has 0 aliphatic rings. The van der Waals surface area contributed by atoms with Gasteiger partial charge >= 0.3 is 6.18 Å². The van der Waals surface area contributed by atoms with Gasteiger partial charge in [0.05, 0.1) is 23.1 Å². The van der Waals surface area contributed by atoms with Crippen molar-refractivity contribution >= 4 is 48.5 Å². The number of nitrogens with one attached hydrogen (secondary N) is 1. The molecule has 0 fully saturated rings. The molecule has 0 radical (unpaired) electrons. The molecule has 38 heavy (non-hydrogen) atoms. The van der Waals surface area contributed by atoms with Crippen molar-refractivity contribution in [2.45, 2.75) is 12.6 Å². The number of carbonyl (C=O) groups is 1. The summed E-state index contributed by atoms with van der Waals surface area (Å²) in [5, 5.41) is 3.03. The standard InChI is InChI=1S/C26H21BrF4N2O4S/c1-32-25(34)19-14-37-23-13-16(7-8-18(19)23)17-4-3-5-22(24(17)28)33(38(2,35)36)11-10-15-6-9-21(27)20(12-15)26(29,30)31/h3-9,12-14H,10-11H2,1-2H3,(H,32,34). The van der Waals surface area contributed by atoms with E-state index in [-0.39, 0.29) is 40.2 Å². The maximum atomic E-state index is 15.8. The lowest BCUT2D eigenvalue weighted by molar-refractivity contribution is -0.138. The molecule has 0 saturated carbocycles. The molecule has 1 amide bonds. The molecular weight excluding hydrogens is 592 g/mol. The number of benzene rings is 3. The number of alkyl halides is 3. The Morgan fingerprint density at radius 3 is 2.50 bits per heavy atom. The van der Waals surface area contributed by atoms with Crippen molar-refractivity contribution in [1.29, 1.82) is 0 Å². The summed E-state index contributed by atoms with van der Waals surface area (Å²) in [6, 6.07) is 12.6. The van der Waals surface area contributed by atoms with Crippen molar-refractivity contribution in [2.24, 2.45) is 0 Å². The number of hydrogen-bond acceptors (Lipinski definition) is 4. The predicted octanol–water partition coefficient (Wildman–Crippen LogP) is 6.39. The van der Waals surface area contributed by atoms with E-state index < -0.39 is 27.6 Å². The Kier molecular flexibility index (Phi) is 7.57. The Morgan fingerprint density at radius 2 is 1.84 bits per heavy atom. The first-order valence-corrected chi connectivity index (χ1v) is 13.8. The first kappa shape index (κ1) is 27.6. The predicted molar refractivity (Wildman–Crippen MR) is 140 cm³/mol. The van der Waals surface area contributed by atoms with Crippen LogP contribution in [-0.4, -0.2) is 34.2 Å². The number of rotatable bonds is 7. The van der Waals surface area contributed by atoms with E-state index in [0.29, 0.717) is 22.1 Å². The molecule has 0 unspecified atom stereocenters. The number of anilines is 1. The molecule has 0 saturated heterocycles. The first-order valence-electron chi connectivity index (χ1n) is 11.2. The van der Waals surface area contributed by atoms with Crippen LogP contribution in [0.4, 0.5) is 23.2 Å². The molecule has 0 aliphatic carbocycles. The molecule has 0 aliphatic heterocycles. The Morgan fingerprint density at radius 1 is 1.11 bits per heavy atom. The van der Waals surface area contributed by atoms with E-state index in [1.807, 2.05) is 0 Å². The largest absolute Gasteiger partial charge is 0.463 e. The van der Waals surface area contributed by atoms with Crippen molar-refractivity contribution < 1.29 is 35.2 Å². The van der Waals surface area contributed by atoms with Crippen LogP contribution in [0.5, 0.6) is 0 Å². The van der Waals surface area contributed by atoms with Crippen LogP contribution in [-0.2, 0) is 22.6 Å². The van der Waals surface area contributed by atoms with E-state index in [0.717, 1.165) is 16.6 Å². The lowest BCUT2D eigenvalue weighted by Crippen LogP contribution is -2.32. The number of amides is 1. The number of fused-ring (bicyclic) bond motifs is 1. The molecule has 4 rings (SSSR count). The average molecular weight is 613 g/mol. The summed E-state index contributed by atoms with van der Waals surface area (Å²) in [6.07, 6.45) is -2.50. The molecule has 1 N–H and O–H groups in total. The fourth-order valence-corrected chi connectivity index (χ4v) is 5.48. The second kappa shape index (κ2) is 10.4. The maximum Gasteiger partial charge on any atom is 0.417 e. The van der Waals surface area contributed by atoms with E-state index in [1.165, 1.54) is 49.7 Å². The molecule has 0 bridgehead atoms. The van der Waals surface area contributed by atoms with Gasteiger partial charge in [0.1, 0.15) is 11.8 Å². The van der Waals surface area contributed by atoms with Gasteiger partial charge in [0, 0.05) is 29.0 Å². The van der Waals surface area contributed by atoms with Crippen molar-refractivity contribution in [3.8, 4) is 11.1 Å². The molecule has 1 heterocycles. The third-order valence-electron chi connectivity index (χ3n) is 5.95. The molecule has 200 valence electrons. The lowest BCUT2D eigenvalue weighted by atomic mass is 10.0. The molecular formula is C26H21BrF4N2O4S. The maximum absolute atomic E-state index is 15.8. The SMILES string of the molecule is CNC(=O)c1coc2cc(-c3cccc(N(CCc4ccc(Br)c(C(F)(F)F)c4)S(C)(=O)=O)c3F)ccc12. The molecule has 0 atom stereocenters. The summed E-state index contributed by atoms with van der Waals surface area (Å²) in [5.41, 5.74) is 0.214. The van der Waals surface area contributed by atoms with Crippen LogP contribution >= 0.6 is 15.9 Å². The molecule has 12 heteroatoms. The number of furan rings is 1. The summed E-state index contributed by atoms with van der Waals surface area (Å²) in [6.45, 7) is -0.287. The topological polar surface area (TPSA) is 79.6 Å². The zero-order valence-corrected chi connectivity index (χ0v) is 22.5. The minimum atomic E-state index is -4.60. The molecule has 0 spiro atoms. The van der Waals surface area contributed by atoms with Crippen LogP contribution in [0.15, 0.2) is 69.8 Å². The van der Waals surface area contributed by atoms with Gasteiger partial charge in [0.2, 0.25) is 10.0 Å². The zero-order valence-electron chi connectivity index (χ0n) is 20.1. The van der Waals surface area contributed by atoms with Gasteiger partial charge < -0.3 is 9.73 Å². The Hall–Kier alpha value is -3.38. The average Bonchev–Trinajstić information content (AvgIpc) is 3.27. The van der Waals surface area contributed by atoms with Gasteiger partial charge in [-0.15, -0.1) is 0 Å². The van der Waals surface area contributed by atoms with Crippen molar-refractivity contribution in [2.75, 3.05) is 24.2 Å². The van der Waals surface area contributed by atoms with Gasteiger partial charge in [0.25, 0.3) is 5.91 Å². The minimum Gasteiger partial charge on any atom is -0.463 e. The van der Waals surface area contributed by atoms with Crippen LogP contribution in [0.2, 0.25) is 0 Å². The van der Waals surface area contributed by atoms with E-state index in [4.69, 9.17) is 4.42 Å². The number of carbonyl (C=O) groups excluding carboxylic acids is 1. The van der Waals surface area contributed by atoms with Gasteiger partial charge in [-0.25, -0.2) is 12.8 Å². The third-order valence-corrected chi connectivity index (χ3v) is 7.82. The van der Waals surface area contributed by atoms with E-state index in [2.05, 4.69) is 21.2 Å². The van der Waals surface area contributed by atoms with Gasteiger partial charge in [-0.1, -0.05) is 40.2 Å². The van der Waals surface area contributed by atoms with Gasteiger partial charge in [-0.3, -0.25) is 9.10 Å². The number of hydrogen-bond donors (Lipinski definition) is 1. The number of halogens is 5. The number of sulfonamides is 1. The van der Waals surface area contributed by atoms with Crippen molar-refractivity contribution in [3.05, 3.63) is 87.8 Å². The highest BCUT2D eigenvalue weighted by atomic mass is 79.9. The zero-order chi connectivity index (χ0) is 27.8. The van der Waals surface area contributed by atoms with E-state index >= 15 is 4.39 Å². The van der Waals surface area contributed by atoms with Crippen LogP contribution in [0.1, 0.15) is 21.5 Å². The molecule has 6 nitrogen and oxygen atoms in total. The summed E-state index contributed by atoms with van der Waals surface area (Å²) in [4.78, 5) is 12.0. The highest BCUT2D eigenvalue weighted by Crippen LogP contribution is 2.36. The Labute approximate surface area is 224 Å². The molecule has 3 aromatic carbocycles. The molecule has 1 aromatic heterocycles.